The first-order valence-electron chi connectivity index (χ1n) is 10.4. The maximum absolute atomic E-state index is 13.0. The standard InChI is InChI=1S/C24H26FN3O3/c1-16-3-8-23(30-2)18(11-16)12-24(29)28-10-9-17(14-28)22-13-20(26-27-22)15-31-21-6-4-19(25)5-7-21/h3-8,11,13,17H,9-10,12,14-15H2,1-2H3,(H,26,27)/t17-/m0/s1. The van der Waals surface area contributed by atoms with Crippen molar-refractivity contribution < 1.29 is 18.7 Å². The molecule has 0 bridgehead atoms. The third-order valence-electron chi connectivity index (χ3n) is 5.60. The molecule has 31 heavy (non-hydrogen) atoms. The average Bonchev–Trinajstić information content (AvgIpc) is 3.43. The summed E-state index contributed by atoms with van der Waals surface area (Å²) < 4.78 is 24.1. The quantitative estimate of drug-likeness (QED) is 0.624. The number of amides is 1. The van der Waals surface area contributed by atoms with Crippen LogP contribution in [0.15, 0.2) is 48.5 Å². The Kier molecular flexibility index (Phi) is 6.21. The second kappa shape index (κ2) is 9.20. The molecule has 7 heteroatoms. The number of likely N-dealkylation sites (tertiary alicyclic amines) is 1. The zero-order valence-electron chi connectivity index (χ0n) is 17.7. The molecule has 6 nitrogen and oxygen atoms in total. The number of carbonyl (C=O) groups is 1. The van der Waals surface area contributed by atoms with Crippen molar-refractivity contribution in [3.63, 3.8) is 0 Å². The molecule has 1 aromatic heterocycles. The summed E-state index contributed by atoms with van der Waals surface area (Å²) in [6.45, 7) is 3.69. The predicted molar refractivity (Wildman–Crippen MR) is 115 cm³/mol. The lowest BCUT2D eigenvalue weighted by molar-refractivity contribution is -0.129. The molecule has 0 spiro atoms. The van der Waals surface area contributed by atoms with Crippen molar-refractivity contribution in [1.82, 2.24) is 15.1 Å². The number of methoxy groups -OCH3 is 1. The number of carbonyl (C=O) groups excluding carboxylic acids is 1. The number of nitrogens with zero attached hydrogens (tertiary/aromatic N) is 2. The number of ether oxygens (including phenoxy) is 2. The lowest BCUT2D eigenvalue weighted by Crippen LogP contribution is -2.30. The summed E-state index contributed by atoms with van der Waals surface area (Å²) in [6.07, 6.45) is 1.20. The number of hydrogen-bond acceptors (Lipinski definition) is 4. The van der Waals surface area contributed by atoms with Gasteiger partial charge in [0.2, 0.25) is 5.91 Å². The van der Waals surface area contributed by atoms with Crippen molar-refractivity contribution in [2.45, 2.75) is 32.3 Å². The van der Waals surface area contributed by atoms with Gasteiger partial charge in [-0.1, -0.05) is 17.7 Å². The lowest BCUT2D eigenvalue weighted by atomic mass is 10.0. The molecule has 1 saturated heterocycles. The zero-order chi connectivity index (χ0) is 21.8. The minimum atomic E-state index is -0.294. The van der Waals surface area contributed by atoms with Crippen LogP contribution in [0.5, 0.6) is 11.5 Å². The molecule has 1 amide bonds. The smallest absolute Gasteiger partial charge is 0.227 e. The van der Waals surface area contributed by atoms with Crippen LogP contribution < -0.4 is 9.47 Å². The van der Waals surface area contributed by atoms with Gasteiger partial charge in [-0.25, -0.2) is 4.39 Å². The van der Waals surface area contributed by atoms with Crippen molar-refractivity contribution in [2.75, 3.05) is 20.2 Å². The Hall–Kier alpha value is -3.35. The highest BCUT2D eigenvalue weighted by molar-refractivity contribution is 5.80. The number of hydrogen-bond donors (Lipinski definition) is 1. The van der Waals surface area contributed by atoms with Gasteiger partial charge < -0.3 is 14.4 Å². The maximum Gasteiger partial charge on any atom is 0.227 e. The number of halogens is 1. The molecule has 0 unspecified atom stereocenters. The molecule has 4 rings (SSSR count). The number of H-pyrrole nitrogens is 1. The lowest BCUT2D eigenvalue weighted by Gasteiger charge is -2.17. The van der Waals surface area contributed by atoms with Gasteiger partial charge in [0.15, 0.2) is 0 Å². The number of aromatic nitrogens is 2. The van der Waals surface area contributed by atoms with Gasteiger partial charge in [0, 0.05) is 24.6 Å². The molecule has 1 aliphatic heterocycles. The van der Waals surface area contributed by atoms with Crippen LogP contribution in [0.1, 0.15) is 34.9 Å². The zero-order valence-corrected chi connectivity index (χ0v) is 17.7. The average molecular weight is 423 g/mol. The predicted octanol–water partition coefficient (Wildman–Crippen LogP) is 4.00. The highest BCUT2D eigenvalue weighted by Gasteiger charge is 2.29. The first kappa shape index (κ1) is 20.9. The van der Waals surface area contributed by atoms with Crippen LogP contribution in [0.25, 0.3) is 0 Å². The van der Waals surface area contributed by atoms with Crippen molar-refractivity contribution in [3.8, 4) is 11.5 Å². The van der Waals surface area contributed by atoms with E-state index in [1.54, 1.807) is 19.2 Å². The summed E-state index contributed by atoms with van der Waals surface area (Å²) >= 11 is 0. The summed E-state index contributed by atoms with van der Waals surface area (Å²) in [5.41, 5.74) is 3.79. The summed E-state index contributed by atoms with van der Waals surface area (Å²) in [7, 11) is 1.62. The molecule has 162 valence electrons. The summed E-state index contributed by atoms with van der Waals surface area (Å²) in [4.78, 5) is 14.8. The largest absolute Gasteiger partial charge is 0.496 e. The molecule has 1 N–H and O–H groups in total. The highest BCUT2D eigenvalue weighted by atomic mass is 19.1. The van der Waals surface area contributed by atoms with Gasteiger partial charge in [-0.05, 0) is 49.7 Å². The topological polar surface area (TPSA) is 67.4 Å². The van der Waals surface area contributed by atoms with Crippen LogP contribution in [-0.2, 0) is 17.8 Å². The molecule has 0 radical (unpaired) electrons. The molecule has 2 heterocycles. The fraction of sp³-hybridized carbons (Fsp3) is 0.333. The molecule has 1 aliphatic rings. The Morgan fingerprint density at radius 3 is 2.81 bits per heavy atom. The van der Waals surface area contributed by atoms with Gasteiger partial charge in [-0.15, -0.1) is 0 Å². The van der Waals surface area contributed by atoms with E-state index < -0.39 is 0 Å². The van der Waals surface area contributed by atoms with Crippen LogP contribution in [-0.4, -0.2) is 41.2 Å². The van der Waals surface area contributed by atoms with Crippen LogP contribution in [0.3, 0.4) is 0 Å². The number of aryl methyl sites for hydroxylation is 1. The third kappa shape index (κ3) is 5.05. The van der Waals surface area contributed by atoms with Crippen molar-refractivity contribution in [3.05, 3.63) is 76.9 Å². The van der Waals surface area contributed by atoms with E-state index in [2.05, 4.69) is 10.2 Å². The number of nitrogens with one attached hydrogen (secondary N) is 1. The minimum Gasteiger partial charge on any atom is -0.496 e. The fourth-order valence-electron chi connectivity index (χ4n) is 3.90. The van der Waals surface area contributed by atoms with Crippen molar-refractivity contribution >= 4 is 5.91 Å². The molecular weight excluding hydrogens is 397 g/mol. The summed E-state index contributed by atoms with van der Waals surface area (Å²) in [6, 6.07) is 13.8. The van der Waals surface area contributed by atoms with Gasteiger partial charge in [0.25, 0.3) is 0 Å². The Morgan fingerprint density at radius 1 is 1.23 bits per heavy atom. The Bertz CT molecular complexity index is 1050. The van der Waals surface area contributed by atoms with E-state index in [0.29, 0.717) is 31.9 Å². The summed E-state index contributed by atoms with van der Waals surface area (Å²) in [5, 5.41) is 7.42. The van der Waals surface area contributed by atoms with E-state index >= 15 is 0 Å². The number of aromatic amines is 1. The first-order chi connectivity index (χ1) is 15.0. The highest BCUT2D eigenvalue weighted by Crippen LogP contribution is 2.28. The van der Waals surface area contributed by atoms with Crippen LogP contribution >= 0.6 is 0 Å². The molecular formula is C24H26FN3O3. The normalized spacial score (nSPS) is 15.8. The second-order valence-electron chi connectivity index (χ2n) is 7.88. The molecule has 0 saturated carbocycles. The van der Waals surface area contributed by atoms with E-state index in [4.69, 9.17) is 9.47 Å². The number of benzene rings is 2. The van der Waals surface area contributed by atoms with E-state index in [0.717, 1.165) is 34.7 Å². The van der Waals surface area contributed by atoms with Crippen LogP contribution in [0.4, 0.5) is 4.39 Å². The molecule has 1 fully saturated rings. The van der Waals surface area contributed by atoms with E-state index in [1.807, 2.05) is 36.1 Å². The first-order valence-corrected chi connectivity index (χ1v) is 10.4. The van der Waals surface area contributed by atoms with E-state index in [1.165, 1.54) is 12.1 Å². The van der Waals surface area contributed by atoms with Crippen molar-refractivity contribution in [2.24, 2.45) is 0 Å². The van der Waals surface area contributed by atoms with E-state index in [9.17, 15) is 9.18 Å². The number of rotatable bonds is 7. The molecule has 3 aromatic rings. The fourth-order valence-corrected chi connectivity index (χ4v) is 3.90. The van der Waals surface area contributed by atoms with Crippen molar-refractivity contribution in [1.29, 1.82) is 0 Å². The van der Waals surface area contributed by atoms with E-state index in [-0.39, 0.29) is 17.6 Å². The molecule has 2 aromatic carbocycles. The SMILES string of the molecule is COc1ccc(C)cc1CC(=O)N1CC[C@H](c2cc(COc3ccc(F)cc3)[nH]n2)C1. The Morgan fingerprint density at radius 2 is 2.03 bits per heavy atom. The van der Waals surface area contributed by atoms with Gasteiger partial charge in [0.05, 0.1) is 24.9 Å². The van der Waals surface area contributed by atoms with Gasteiger partial charge in [-0.2, -0.15) is 5.10 Å². The van der Waals surface area contributed by atoms with Crippen LogP contribution in [0, 0.1) is 12.7 Å². The second-order valence-corrected chi connectivity index (χ2v) is 7.88. The summed E-state index contributed by atoms with van der Waals surface area (Å²) in [5.74, 6) is 1.34. The molecule has 0 aliphatic carbocycles. The molecule has 1 atom stereocenters. The van der Waals surface area contributed by atoms with Gasteiger partial charge >= 0.3 is 0 Å². The van der Waals surface area contributed by atoms with Gasteiger partial charge in [-0.3, -0.25) is 9.89 Å². The maximum atomic E-state index is 13.0. The van der Waals surface area contributed by atoms with Gasteiger partial charge in [0.1, 0.15) is 23.9 Å². The Labute approximate surface area is 181 Å². The third-order valence-corrected chi connectivity index (χ3v) is 5.60. The van der Waals surface area contributed by atoms with Crippen LogP contribution in [0.2, 0.25) is 0 Å². The Balaban J connectivity index is 1.33. The minimum absolute atomic E-state index is 0.0989. The monoisotopic (exact) mass is 423 g/mol.